The lowest BCUT2D eigenvalue weighted by atomic mass is 9.98. The predicted molar refractivity (Wildman–Crippen MR) is 126 cm³/mol. The Morgan fingerprint density at radius 2 is 1.58 bits per heavy atom. The van der Waals surface area contributed by atoms with Crippen molar-refractivity contribution in [2.75, 3.05) is 13.2 Å². The number of aromatic nitrogens is 1. The van der Waals surface area contributed by atoms with Crippen LogP contribution in [0.25, 0.3) is 22.0 Å². The van der Waals surface area contributed by atoms with Gasteiger partial charge in [-0.1, -0.05) is 66.7 Å². The molecule has 0 saturated carbocycles. The minimum absolute atomic E-state index is 0.00842. The number of hydrogen-bond acceptors (Lipinski definition) is 3. The summed E-state index contributed by atoms with van der Waals surface area (Å²) in [6.07, 6.45) is 1.53. The van der Waals surface area contributed by atoms with Gasteiger partial charge < -0.3 is 20.1 Å². The van der Waals surface area contributed by atoms with Crippen LogP contribution in [0.15, 0.2) is 79.0 Å². The highest BCUT2D eigenvalue weighted by Crippen LogP contribution is 2.44. The molecule has 6 heteroatoms. The van der Waals surface area contributed by atoms with Crippen LogP contribution >= 0.6 is 0 Å². The molecule has 1 atom stereocenters. The molecule has 1 aliphatic carbocycles. The van der Waals surface area contributed by atoms with Crippen LogP contribution in [0.5, 0.6) is 0 Å². The van der Waals surface area contributed by atoms with Gasteiger partial charge in [-0.3, -0.25) is 4.79 Å². The normalized spacial score (nSPS) is 13.3. The highest BCUT2D eigenvalue weighted by atomic mass is 16.5. The van der Waals surface area contributed by atoms with Crippen LogP contribution in [0, 0.1) is 5.92 Å². The van der Waals surface area contributed by atoms with Crippen molar-refractivity contribution in [3.05, 3.63) is 95.7 Å². The van der Waals surface area contributed by atoms with Crippen molar-refractivity contribution in [2.45, 2.75) is 12.3 Å². The molecule has 6 nitrogen and oxygen atoms in total. The van der Waals surface area contributed by atoms with E-state index in [0.29, 0.717) is 6.42 Å². The lowest BCUT2D eigenvalue weighted by Crippen LogP contribution is -2.35. The number of carboxylic acid groups (broad SMARTS) is 1. The number of alkyl carbamates (subject to hydrolysis) is 1. The van der Waals surface area contributed by atoms with Gasteiger partial charge in [-0.25, -0.2) is 4.79 Å². The van der Waals surface area contributed by atoms with E-state index in [0.717, 1.165) is 38.7 Å². The molecule has 1 amide bonds. The summed E-state index contributed by atoms with van der Waals surface area (Å²) in [5.74, 6) is -1.76. The molecule has 1 aliphatic rings. The third-order valence-electron chi connectivity index (χ3n) is 6.33. The molecule has 0 aliphatic heterocycles. The number of rotatable bonds is 7. The number of aromatic amines is 1. The van der Waals surface area contributed by atoms with Crippen molar-refractivity contribution in [1.82, 2.24) is 10.3 Å². The van der Waals surface area contributed by atoms with Gasteiger partial charge in [-0.05, 0) is 40.3 Å². The molecule has 5 rings (SSSR count). The number of hydrogen-bond donors (Lipinski definition) is 3. The van der Waals surface area contributed by atoms with Gasteiger partial charge in [0.25, 0.3) is 0 Å². The standard InChI is InChI=1S/C27H24N2O4/c30-26(31)18(13-17-14-28-25-12-6-5-7-19(17)25)15-29-27(32)33-16-24-22-10-3-1-8-20(22)21-9-2-4-11-23(21)24/h1-12,14,18,24,28H,13,15-16H2,(H,29,32)(H,30,31)/t18-/m0/s1. The first-order valence-corrected chi connectivity index (χ1v) is 11.0. The van der Waals surface area contributed by atoms with E-state index >= 15 is 0 Å². The molecule has 166 valence electrons. The zero-order valence-electron chi connectivity index (χ0n) is 18.0. The molecule has 1 aromatic heterocycles. The molecule has 4 aromatic rings. The highest BCUT2D eigenvalue weighted by molar-refractivity contribution is 5.84. The van der Waals surface area contributed by atoms with E-state index in [-0.39, 0.29) is 19.1 Å². The molecule has 0 fully saturated rings. The average molecular weight is 440 g/mol. The maximum Gasteiger partial charge on any atom is 0.407 e. The fraction of sp³-hybridized carbons (Fsp3) is 0.185. The number of carbonyl (C=O) groups excluding carboxylic acids is 1. The lowest BCUT2D eigenvalue weighted by Gasteiger charge is -2.16. The van der Waals surface area contributed by atoms with E-state index in [1.54, 1.807) is 0 Å². The zero-order chi connectivity index (χ0) is 22.8. The van der Waals surface area contributed by atoms with Crippen LogP contribution in [-0.2, 0) is 16.0 Å². The number of nitrogens with one attached hydrogen (secondary N) is 2. The zero-order valence-corrected chi connectivity index (χ0v) is 18.0. The van der Waals surface area contributed by atoms with Gasteiger partial charge in [-0.2, -0.15) is 0 Å². The van der Waals surface area contributed by atoms with E-state index in [4.69, 9.17) is 4.74 Å². The van der Waals surface area contributed by atoms with Crippen molar-refractivity contribution < 1.29 is 19.4 Å². The molecule has 0 saturated heterocycles. The van der Waals surface area contributed by atoms with Gasteiger partial charge in [0.2, 0.25) is 0 Å². The molecule has 3 N–H and O–H groups in total. The first kappa shape index (κ1) is 20.8. The summed E-state index contributed by atoms with van der Waals surface area (Å²) in [7, 11) is 0. The van der Waals surface area contributed by atoms with Gasteiger partial charge in [0.05, 0.1) is 5.92 Å². The average Bonchev–Trinajstić information content (AvgIpc) is 3.39. The van der Waals surface area contributed by atoms with E-state index in [9.17, 15) is 14.7 Å². The van der Waals surface area contributed by atoms with E-state index in [1.165, 1.54) is 0 Å². The summed E-state index contributed by atoms with van der Waals surface area (Å²) < 4.78 is 5.53. The number of benzene rings is 3. The van der Waals surface area contributed by atoms with Crippen molar-refractivity contribution in [1.29, 1.82) is 0 Å². The number of H-pyrrole nitrogens is 1. The Morgan fingerprint density at radius 1 is 0.939 bits per heavy atom. The minimum Gasteiger partial charge on any atom is -0.481 e. The first-order valence-electron chi connectivity index (χ1n) is 11.0. The van der Waals surface area contributed by atoms with Crippen LogP contribution in [0.2, 0.25) is 0 Å². The smallest absolute Gasteiger partial charge is 0.407 e. The second-order valence-electron chi connectivity index (χ2n) is 8.31. The number of aliphatic carboxylic acids is 1. The summed E-state index contributed by atoms with van der Waals surface area (Å²) in [6, 6.07) is 24.0. The Hall–Kier alpha value is -4.06. The van der Waals surface area contributed by atoms with Crippen molar-refractivity contribution in [3.63, 3.8) is 0 Å². The maximum absolute atomic E-state index is 12.4. The van der Waals surface area contributed by atoms with Crippen LogP contribution in [0.1, 0.15) is 22.6 Å². The highest BCUT2D eigenvalue weighted by Gasteiger charge is 2.29. The number of fused-ring (bicyclic) bond motifs is 4. The largest absolute Gasteiger partial charge is 0.481 e. The molecule has 3 aromatic carbocycles. The van der Waals surface area contributed by atoms with E-state index < -0.39 is 18.0 Å². The Balaban J connectivity index is 1.22. The monoisotopic (exact) mass is 440 g/mol. The van der Waals surface area contributed by atoms with E-state index in [2.05, 4.69) is 34.6 Å². The van der Waals surface area contributed by atoms with Crippen molar-refractivity contribution >= 4 is 23.0 Å². The van der Waals surface area contributed by atoms with Gasteiger partial charge in [0, 0.05) is 29.6 Å². The van der Waals surface area contributed by atoms with Crippen molar-refractivity contribution in [3.8, 4) is 11.1 Å². The third kappa shape index (κ3) is 4.07. The fourth-order valence-corrected chi connectivity index (χ4v) is 4.67. The molecule has 33 heavy (non-hydrogen) atoms. The summed E-state index contributed by atoms with van der Waals surface area (Å²) in [6.45, 7) is 0.186. The molecule has 0 bridgehead atoms. The van der Waals surface area contributed by atoms with Crippen molar-refractivity contribution in [2.24, 2.45) is 5.92 Å². The summed E-state index contributed by atoms with van der Waals surface area (Å²) in [5, 5.41) is 13.3. The van der Waals surface area contributed by atoms with Gasteiger partial charge in [-0.15, -0.1) is 0 Å². The summed E-state index contributed by atoms with van der Waals surface area (Å²) in [4.78, 5) is 27.4. The summed E-state index contributed by atoms with van der Waals surface area (Å²) in [5.41, 5.74) is 6.45. The Kier molecular flexibility index (Phi) is 5.57. The Labute approximate surface area is 191 Å². The minimum atomic E-state index is -0.959. The van der Waals surface area contributed by atoms with Gasteiger partial charge in [0.15, 0.2) is 0 Å². The maximum atomic E-state index is 12.4. The number of carbonyl (C=O) groups is 2. The molecule has 0 spiro atoms. The Bertz CT molecular complexity index is 1280. The lowest BCUT2D eigenvalue weighted by molar-refractivity contribution is -0.141. The first-order chi connectivity index (χ1) is 16.1. The third-order valence-corrected chi connectivity index (χ3v) is 6.33. The number of carboxylic acids is 1. The van der Waals surface area contributed by atoms with Crippen LogP contribution in [0.4, 0.5) is 4.79 Å². The molecular formula is C27H24N2O4. The number of para-hydroxylation sites is 1. The van der Waals surface area contributed by atoms with Gasteiger partial charge >= 0.3 is 12.1 Å². The quantitative estimate of drug-likeness (QED) is 0.379. The second-order valence-corrected chi connectivity index (χ2v) is 8.31. The number of amides is 1. The van der Waals surface area contributed by atoms with Crippen LogP contribution < -0.4 is 5.32 Å². The Morgan fingerprint density at radius 3 is 2.27 bits per heavy atom. The molecular weight excluding hydrogens is 416 g/mol. The fourth-order valence-electron chi connectivity index (χ4n) is 4.67. The van der Waals surface area contributed by atoms with Crippen LogP contribution in [0.3, 0.4) is 0 Å². The molecule has 0 unspecified atom stereocenters. The SMILES string of the molecule is O=C(NC[C@H](Cc1c[nH]c2ccccc12)C(=O)O)OCC1c2ccccc2-c2ccccc21. The molecule has 1 heterocycles. The van der Waals surface area contributed by atoms with Crippen LogP contribution in [-0.4, -0.2) is 35.3 Å². The predicted octanol–water partition coefficient (Wildman–Crippen LogP) is 4.95. The number of ether oxygens (including phenoxy) is 1. The van der Waals surface area contributed by atoms with Gasteiger partial charge in [0.1, 0.15) is 6.61 Å². The summed E-state index contributed by atoms with van der Waals surface area (Å²) >= 11 is 0. The molecule has 0 radical (unpaired) electrons. The second kappa shape index (κ2) is 8.82. The topological polar surface area (TPSA) is 91.4 Å². The van der Waals surface area contributed by atoms with E-state index in [1.807, 2.05) is 54.7 Å².